The van der Waals surface area contributed by atoms with Crippen LogP contribution in [0.25, 0.3) is 0 Å². The highest BCUT2D eigenvalue weighted by atomic mass is 32.3. The van der Waals surface area contributed by atoms with Gasteiger partial charge in [-0.3, -0.25) is 4.18 Å². The molecule has 2 aromatic carbocycles. The molecule has 21 heteroatoms. The predicted molar refractivity (Wildman–Crippen MR) is 259 cm³/mol. The number of aliphatic hydroxyl groups is 3. The number of anilines is 2. The second-order valence-corrected chi connectivity index (χ2v) is 25.4. The van der Waals surface area contributed by atoms with Gasteiger partial charge in [-0.25, -0.2) is 16.8 Å². The molecule has 4 aliphatic rings. The number of piperazine rings is 2. The van der Waals surface area contributed by atoms with E-state index in [4.69, 9.17) is 15.0 Å². The summed E-state index contributed by atoms with van der Waals surface area (Å²) in [5, 5.41) is 34.5. The van der Waals surface area contributed by atoms with Crippen LogP contribution in [0.15, 0.2) is 92.0 Å². The van der Waals surface area contributed by atoms with Gasteiger partial charge in [-0.2, -0.15) is 17.0 Å². The topological polar surface area (TPSA) is 223 Å². The first-order valence-electron chi connectivity index (χ1n) is 21.6. The summed E-state index contributed by atoms with van der Waals surface area (Å²) >= 11 is 2.42. The lowest BCUT2D eigenvalue weighted by molar-refractivity contribution is 0.0780. The number of nitrogens with two attached hydrogens (primary N) is 1. The van der Waals surface area contributed by atoms with Crippen molar-refractivity contribution in [2.75, 3.05) is 75.6 Å². The van der Waals surface area contributed by atoms with Crippen LogP contribution in [-0.2, 0) is 45.5 Å². The molecule has 2 saturated heterocycles. The third-order valence-corrected chi connectivity index (χ3v) is 18.2. The molecule has 0 spiro atoms. The van der Waals surface area contributed by atoms with Gasteiger partial charge in [0.2, 0.25) is 0 Å². The molecule has 2 aliphatic heterocycles. The van der Waals surface area contributed by atoms with Crippen LogP contribution >= 0.6 is 22.7 Å². The van der Waals surface area contributed by atoms with E-state index in [9.17, 15) is 35.5 Å². The Labute approximate surface area is 393 Å². The summed E-state index contributed by atoms with van der Waals surface area (Å²) in [5.74, 6) is 0. The normalized spacial score (nSPS) is 20.2. The molecular weight excluding hydrogens is 933 g/mol. The maximum atomic E-state index is 13.0. The first kappa shape index (κ1) is 52.9. The molecule has 0 unspecified atom stereocenters. The third-order valence-electron chi connectivity index (χ3n) is 11.2. The molecule has 6 N–H and O–H groups in total. The highest BCUT2D eigenvalue weighted by molar-refractivity contribution is 7.91. The molecule has 0 amide bonds. The summed E-state index contributed by atoms with van der Waals surface area (Å²) in [6.45, 7) is 9.85. The number of benzene rings is 2. The Hall–Kier alpha value is -3.03. The monoisotopic (exact) mass is 998 g/mol. The van der Waals surface area contributed by atoms with Gasteiger partial charge in [0.25, 0.3) is 30.2 Å². The van der Waals surface area contributed by atoms with Gasteiger partial charge in [-0.1, -0.05) is 36.4 Å². The van der Waals surface area contributed by atoms with E-state index in [0.29, 0.717) is 42.5 Å². The maximum absolute atomic E-state index is 13.0. The zero-order chi connectivity index (χ0) is 47.8. The van der Waals surface area contributed by atoms with Crippen molar-refractivity contribution in [1.82, 2.24) is 13.9 Å². The van der Waals surface area contributed by atoms with Crippen LogP contribution in [0.2, 0.25) is 0 Å². The Morgan fingerprint density at radius 2 is 1.06 bits per heavy atom. The Kier molecular flexibility index (Phi) is 18.2. The van der Waals surface area contributed by atoms with Crippen LogP contribution in [0.3, 0.4) is 0 Å². The fourth-order valence-electron chi connectivity index (χ4n) is 7.17. The Morgan fingerprint density at radius 3 is 1.40 bits per heavy atom. The van der Waals surface area contributed by atoms with E-state index in [0.717, 1.165) is 53.7 Å². The first-order valence-corrected chi connectivity index (χ1v) is 28.0. The number of rotatable bonds is 14. The molecule has 65 heavy (non-hydrogen) atoms. The largest absolute Gasteiger partial charge is 0.400 e. The van der Waals surface area contributed by atoms with Crippen LogP contribution in [0.4, 0.5) is 11.4 Å². The lowest BCUT2D eigenvalue weighted by Gasteiger charge is -2.42. The fraction of sp³-hybridized carbons (Fsp3) is 0.545. The van der Waals surface area contributed by atoms with E-state index in [1.807, 2.05) is 41.3 Å². The first-order chi connectivity index (χ1) is 30.5. The number of sulfonamides is 2. The predicted octanol–water partition coefficient (Wildman–Crippen LogP) is 4.15. The average Bonchev–Trinajstić information content (AvgIpc) is 4.11. The van der Waals surface area contributed by atoms with E-state index in [-0.39, 0.29) is 29.9 Å². The SMILES string of the molecule is CC(C)(O)c1ccc(N2CCN(S(=O)(=O)c3cccs3)C[C@@H]2CNC2CC2)cc1.CC(C)(O)c1ccc(N2CCN(S(=O)(=O)c3cccs3)C[C@@H]2COS(C)(=O)=O)cc1.CO.NC1CC1. The molecular formula is C44H66N6O10S5. The van der Waals surface area contributed by atoms with E-state index in [1.165, 1.54) is 41.3 Å². The Morgan fingerprint density at radius 1 is 0.662 bits per heavy atom. The van der Waals surface area contributed by atoms with Crippen LogP contribution in [0, 0.1) is 0 Å². The number of aliphatic hydroxyl groups excluding tert-OH is 1. The average molecular weight is 999 g/mol. The van der Waals surface area contributed by atoms with Crippen molar-refractivity contribution in [3.63, 3.8) is 0 Å². The smallest absolute Gasteiger partial charge is 0.264 e. The van der Waals surface area contributed by atoms with Gasteiger partial charge in [-0.05, 0) is 112 Å². The molecule has 16 nitrogen and oxygen atoms in total. The summed E-state index contributed by atoms with van der Waals surface area (Å²) in [5.41, 5.74) is 6.85. The van der Waals surface area contributed by atoms with E-state index in [1.54, 1.807) is 79.2 Å². The minimum atomic E-state index is -3.68. The van der Waals surface area contributed by atoms with Crippen LogP contribution in [0.1, 0.15) is 64.5 Å². The lowest BCUT2D eigenvalue weighted by atomic mass is 9.98. The summed E-state index contributed by atoms with van der Waals surface area (Å²) in [6.07, 6.45) is 5.90. The summed E-state index contributed by atoms with van der Waals surface area (Å²) in [4.78, 5) is 4.24. The number of nitrogens with zero attached hydrogens (tertiary/aromatic N) is 4. The molecule has 0 radical (unpaired) electrons. The minimum Gasteiger partial charge on any atom is -0.400 e. The van der Waals surface area contributed by atoms with Crippen molar-refractivity contribution >= 4 is 64.2 Å². The number of hydrogen-bond acceptors (Lipinski definition) is 16. The van der Waals surface area contributed by atoms with Gasteiger partial charge in [0.15, 0.2) is 0 Å². The molecule has 2 atom stereocenters. The van der Waals surface area contributed by atoms with Crippen molar-refractivity contribution in [2.45, 2.75) is 97.2 Å². The highest BCUT2D eigenvalue weighted by Gasteiger charge is 2.37. The van der Waals surface area contributed by atoms with Crippen LogP contribution in [-0.4, -0.2) is 139 Å². The second kappa shape index (κ2) is 22.4. The van der Waals surface area contributed by atoms with Gasteiger partial charge >= 0.3 is 0 Å². The summed E-state index contributed by atoms with van der Waals surface area (Å²) in [7, 11) is -9.77. The Balaban J connectivity index is 0.000000217. The molecule has 4 fully saturated rings. The van der Waals surface area contributed by atoms with Crippen LogP contribution < -0.4 is 20.9 Å². The van der Waals surface area contributed by atoms with Gasteiger partial charge in [0, 0.05) is 76.4 Å². The zero-order valence-corrected chi connectivity index (χ0v) is 42.1. The minimum absolute atomic E-state index is 0.0621. The molecule has 2 saturated carbocycles. The van der Waals surface area contributed by atoms with Crippen LogP contribution in [0.5, 0.6) is 0 Å². The van der Waals surface area contributed by atoms with Crippen molar-refractivity contribution in [3.05, 3.63) is 94.7 Å². The van der Waals surface area contributed by atoms with E-state index in [2.05, 4.69) is 10.2 Å². The van der Waals surface area contributed by atoms with Crippen molar-refractivity contribution in [2.24, 2.45) is 5.73 Å². The van der Waals surface area contributed by atoms with Gasteiger partial charge in [0.1, 0.15) is 8.42 Å². The van der Waals surface area contributed by atoms with Crippen molar-refractivity contribution < 1.29 is 44.8 Å². The molecule has 362 valence electrons. The molecule has 2 aliphatic carbocycles. The van der Waals surface area contributed by atoms with Crippen molar-refractivity contribution in [3.8, 4) is 0 Å². The molecule has 0 bridgehead atoms. The highest BCUT2D eigenvalue weighted by Crippen LogP contribution is 2.31. The van der Waals surface area contributed by atoms with Gasteiger partial charge in [-0.15, -0.1) is 22.7 Å². The number of thiophene rings is 2. The fourth-order valence-corrected chi connectivity index (χ4v) is 12.8. The quantitative estimate of drug-likeness (QED) is 0.112. The molecule has 8 rings (SSSR count). The zero-order valence-electron chi connectivity index (χ0n) is 38.0. The summed E-state index contributed by atoms with van der Waals surface area (Å²) in [6, 6.07) is 22.7. The maximum Gasteiger partial charge on any atom is 0.264 e. The second-order valence-electron chi connectivity index (χ2n) is 17.5. The molecule has 2 aromatic heterocycles. The summed E-state index contributed by atoms with van der Waals surface area (Å²) < 4.78 is 83.6. The van der Waals surface area contributed by atoms with E-state index < -0.39 is 47.4 Å². The molecule has 4 aromatic rings. The third kappa shape index (κ3) is 15.2. The molecule has 4 heterocycles. The standard InChI is InChI=1S/C21H29N3O3S2.C19H26N2O6S3.C3H7N.CH4O/c1-21(2,25)16-5-9-18(10-6-16)24-12-11-23(15-19(24)14-22-17-7-8-17)29(26,27)20-4-3-13-28-20;1-19(2,22)15-6-8-16(9-7-15)21-11-10-20(13-17(21)14-27-29(3,23)24)30(25,26)18-5-4-12-28-18;4-3-1-2-3;1-2/h3-6,9-10,13,17,19,22,25H,7-8,11-12,14-15H2,1-2H3;4-9,12,17,22H,10-11,13-14H2,1-3H3;3H,1-2,4H2;2H,1H3/t19-;17-;;/m01../s1. The van der Waals surface area contributed by atoms with E-state index >= 15 is 0 Å². The Bertz CT molecular complexity index is 2400. The number of hydrogen-bond donors (Lipinski definition) is 5. The van der Waals surface area contributed by atoms with Gasteiger partial charge in [0.05, 0.1) is 36.1 Å². The number of nitrogens with one attached hydrogen (secondary N) is 1. The lowest BCUT2D eigenvalue weighted by Crippen LogP contribution is -2.58. The van der Waals surface area contributed by atoms with Crippen molar-refractivity contribution in [1.29, 1.82) is 0 Å². The van der Waals surface area contributed by atoms with Gasteiger partial charge < -0.3 is 36.2 Å².